The average Bonchev–Trinajstić information content (AvgIpc) is 2.97. The van der Waals surface area contributed by atoms with Crippen LogP contribution in [0.1, 0.15) is 6.92 Å². The van der Waals surface area contributed by atoms with E-state index in [-0.39, 0.29) is 11.8 Å². The normalized spacial score (nSPS) is 14.9. The SMILES string of the molecule is CC1=CC(=O)N(c2nc(-c3ccc(Cl)cc3)cs2)C1=O. The second kappa shape index (κ2) is 4.85. The van der Waals surface area contributed by atoms with Gasteiger partial charge in [0.15, 0.2) is 5.13 Å². The Bertz CT molecular complexity index is 734. The van der Waals surface area contributed by atoms with E-state index in [1.807, 2.05) is 17.5 Å². The van der Waals surface area contributed by atoms with Gasteiger partial charge < -0.3 is 0 Å². The van der Waals surface area contributed by atoms with Gasteiger partial charge in [0.1, 0.15) is 0 Å². The van der Waals surface area contributed by atoms with E-state index in [1.54, 1.807) is 19.1 Å². The van der Waals surface area contributed by atoms with Crippen molar-refractivity contribution >= 4 is 39.9 Å². The Morgan fingerprint density at radius 2 is 1.90 bits per heavy atom. The Hall–Kier alpha value is -1.98. The molecule has 0 radical (unpaired) electrons. The Morgan fingerprint density at radius 3 is 2.50 bits per heavy atom. The standard InChI is InChI=1S/C14H9ClN2O2S/c1-8-6-12(18)17(13(8)19)14-16-11(7-20-14)9-2-4-10(15)5-3-9/h2-7H,1H3. The van der Waals surface area contributed by atoms with Gasteiger partial charge in [-0.2, -0.15) is 0 Å². The summed E-state index contributed by atoms with van der Waals surface area (Å²) in [5.74, 6) is -0.656. The summed E-state index contributed by atoms with van der Waals surface area (Å²) in [6.45, 7) is 1.62. The molecule has 0 spiro atoms. The smallest absolute Gasteiger partial charge is 0.263 e. The lowest BCUT2D eigenvalue weighted by molar-refractivity contribution is -0.120. The summed E-state index contributed by atoms with van der Waals surface area (Å²) in [6, 6.07) is 7.23. The highest BCUT2D eigenvalue weighted by atomic mass is 35.5. The van der Waals surface area contributed by atoms with Crippen LogP contribution in [0.15, 0.2) is 41.3 Å². The quantitative estimate of drug-likeness (QED) is 0.800. The minimum absolute atomic E-state index is 0.313. The third-order valence-corrected chi connectivity index (χ3v) is 4.00. The van der Waals surface area contributed by atoms with Gasteiger partial charge in [-0.25, -0.2) is 9.88 Å². The fourth-order valence-electron chi connectivity index (χ4n) is 1.89. The number of halogens is 1. The van der Waals surface area contributed by atoms with Crippen molar-refractivity contribution in [1.82, 2.24) is 4.98 Å². The van der Waals surface area contributed by atoms with Crippen molar-refractivity contribution in [3.05, 3.63) is 46.3 Å². The van der Waals surface area contributed by atoms with Crippen LogP contribution in [-0.4, -0.2) is 16.8 Å². The minimum Gasteiger partial charge on any atom is -0.269 e. The molecule has 100 valence electrons. The summed E-state index contributed by atoms with van der Waals surface area (Å²) in [6.07, 6.45) is 1.33. The lowest BCUT2D eigenvalue weighted by Crippen LogP contribution is -2.30. The summed E-state index contributed by atoms with van der Waals surface area (Å²) < 4.78 is 0. The zero-order valence-corrected chi connectivity index (χ0v) is 12.0. The van der Waals surface area contributed by atoms with Crippen LogP contribution in [0.25, 0.3) is 11.3 Å². The van der Waals surface area contributed by atoms with Gasteiger partial charge in [-0.15, -0.1) is 11.3 Å². The van der Waals surface area contributed by atoms with E-state index in [4.69, 9.17) is 11.6 Å². The first-order valence-electron chi connectivity index (χ1n) is 5.84. The van der Waals surface area contributed by atoms with Gasteiger partial charge in [-0.3, -0.25) is 9.59 Å². The number of nitrogens with zero attached hydrogens (tertiary/aromatic N) is 2. The zero-order valence-electron chi connectivity index (χ0n) is 10.5. The fourth-order valence-corrected chi connectivity index (χ4v) is 2.85. The van der Waals surface area contributed by atoms with Gasteiger partial charge in [0.25, 0.3) is 11.8 Å². The van der Waals surface area contributed by atoms with Crippen molar-refractivity contribution in [3.8, 4) is 11.3 Å². The molecule has 20 heavy (non-hydrogen) atoms. The van der Waals surface area contributed by atoms with Gasteiger partial charge in [-0.05, 0) is 19.1 Å². The fraction of sp³-hybridized carbons (Fsp3) is 0.0714. The molecular weight excluding hydrogens is 296 g/mol. The Kier molecular flexibility index (Phi) is 3.16. The van der Waals surface area contributed by atoms with Gasteiger partial charge in [0, 0.05) is 27.6 Å². The molecule has 0 saturated heterocycles. The van der Waals surface area contributed by atoms with Crippen LogP contribution in [0.3, 0.4) is 0 Å². The van der Waals surface area contributed by atoms with E-state index in [1.165, 1.54) is 17.4 Å². The number of anilines is 1. The van der Waals surface area contributed by atoms with Gasteiger partial charge in [0.05, 0.1) is 5.69 Å². The topological polar surface area (TPSA) is 50.3 Å². The van der Waals surface area contributed by atoms with Gasteiger partial charge in [0.2, 0.25) is 0 Å². The highest BCUT2D eigenvalue weighted by Gasteiger charge is 2.31. The molecule has 6 heteroatoms. The molecule has 2 amide bonds. The first kappa shape index (κ1) is 13.0. The molecule has 1 aromatic heterocycles. The largest absolute Gasteiger partial charge is 0.269 e. The summed E-state index contributed by atoms with van der Waals surface area (Å²) in [4.78, 5) is 29.1. The Labute approximate surface area is 124 Å². The first-order valence-corrected chi connectivity index (χ1v) is 7.10. The molecule has 0 N–H and O–H groups in total. The molecule has 4 nitrogen and oxygen atoms in total. The van der Waals surface area contributed by atoms with Crippen molar-refractivity contribution in [2.24, 2.45) is 0 Å². The molecule has 0 fully saturated rings. The number of aromatic nitrogens is 1. The van der Waals surface area contributed by atoms with E-state index in [9.17, 15) is 9.59 Å². The van der Waals surface area contributed by atoms with E-state index in [0.29, 0.717) is 21.4 Å². The molecule has 2 aromatic rings. The molecule has 2 heterocycles. The van der Waals surface area contributed by atoms with E-state index >= 15 is 0 Å². The summed E-state index contributed by atoms with van der Waals surface area (Å²) >= 11 is 7.10. The number of benzene rings is 1. The van der Waals surface area contributed by atoms with E-state index in [2.05, 4.69) is 4.98 Å². The monoisotopic (exact) mass is 304 g/mol. The zero-order chi connectivity index (χ0) is 14.3. The van der Waals surface area contributed by atoms with Crippen LogP contribution < -0.4 is 4.90 Å². The molecule has 0 bridgehead atoms. The van der Waals surface area contributed by atoms with Crippen LogP contribution >= 0.6 is 22.9 Å². The number of hydrogen-bond acceptors (Lipinski definition) is 4. The van der Waals surface area contributed by atoms with Crippen molar-refractivity contribution < 1.29 is 9.59 Å². The second-order valence-corrected chi connectivity index (χ2v) is 5.60. The molecule has 0 atom stereocenters. The number of imide groups is 1. The maximum Gasteiger partial charge on any atom is 0.263 e. The summed E-state index contributed by atoms with van der Waals surface area (Å²) in [5, 5.41) is 2.85. The molecule has 0 unspecified atom stereocenters. The van der Waals surface area contributed by atoms with Gasteiger partial charge in [-0.1, -0.05) is 23.7 Å². The predicted octanol–water partition coefficient (Wildman–Crippen LogP) is 3.28. The lowest BCUT2D eigenvalue weighted by Gasteiger charge is -2.09. The summed E-state index contributed by atoms with van der Waals surface area (Å²) in [5.41, 5.74) is 2.03. The van der Waals surface area contributed by atoms with E-state index in [0.717, 1.165) is 10.5 Å². The second-order valence-electron chi connectivity index (χ2n) is 4.33. The van der Waals surface area contributed by atoms with Crippen molar-refractivity contribution in [3.63, 3.8) is 0 Å². The third kappa shape index (κ3) is 2.15. The summed E-state index contributed by atoms with van der Waals surface area (Å²) in [7, 11) is 0. The van der Waals surface area contributed by atoms with Gasteiger partial charge >= 0.3 is 0 Å². The number of carbonyl (C=O) groups excluding carboxylic acids is 2. The third-order valence-electron chi connectivity index (χ3n) is 2.92. The number of carbonyl (C=O) groups is 2. The van der Waals surface area contributed by atoms with Crippen LogP contribution in [0, 0.1) is 0 Å². The predicted molar refractivity (Wildman–Crippen MR) is 78.8 cm³/mol. The molecule has 1 aromatic carbocycles. The molecule has 3 rings (SSSR count). The van der Waals surface area contributed by atoms with Crippen LogP contribution in [-0.2, 0) is 9.59 Å². The van der Waals surface area contributed by atoms with E-state index < -0.39 is 0 Å². The van der Waals surface area contributed by atoms with Crippen molar-refractivity contribution in [2.75, 3.05) is 4.90 Å². The maximum atomic E-state index is 11.9. The number of thiazole rings is 1. The Balaban J connectivity index is 1.93. The molecule has 1 aliphatic heterocycles. The van der Waals surface area contributed by atoms with Crippen LogP contribution in [0.5, 0.6) is 0 Å². The molecular formula is C14H9ClN2O2S. The molecule has 0 aliphatic carbocycles. The number of amides is 2. The molecule has 1 aliphatic rings. The first-order chi connectivity index (χ1) is 9.56. The van der Waals surface area contributed by atoms with Crippen LogP contribution in [0.4, 0.5) is 5.13 Å². The van der Waals surface area contributed by atoms with Crippen LogP contribution in [0.2, 0.25) is 5.02 Å². The minimum atomic E-state index is -0.343. The lowest BCUT2D eigenvalue weighted by atomic mass is 10.2. The highest BCUT2D eigenvalue weighted by Crippen LogP contribution is 2.30. The number of rotatable bonds is 2. The Morgan fingerprint density at radius 1 is 1.20 bits per heavy atom. The highest BCUT2D eigenvalue weighted by molar-refractivity contribution is 7.14. The number of hydrogen-bond donors (Lipinski definition) is 0. The maximum absolute atomic E-state index is 11.9. The average molecular weight is 305 g/mol. The van der Waals surface area contributed by atoms with Crippen molar-refractivity contribution in [1.29, 1.82) is 0 Å². The molecule has 0 saturated carbocycles. The van der Waals surface area contributed by atoms with Crippen molar-refractivity contribution in [2.45, 2.75) is 6.92 Å².